The lowest BCUT2D eigenvalue weighted by atomic mass is 10.1. The second kappa shape index (κ2) is 7.91. The van der Waals surface area contributed by atoms with Gasteiger partial charge in [-0.15, -0.1) is 0 Å². The quantitative estimate of drug-likeness (QED) is 0.611. The Morgan fingerprint density at radius 2 is 1.66 bits per heavy atom. The first-order chi connectivity index (χ1) is 13.9. The summed E-state index contributed by atoms with van der Waals surface area (Å²) in [5.74, 6) is -0.209. The van der Waals surface area contributed by atoms with Gasteiger partial charge in [0.25, 0.3) is 5.91 Å². The highest BCUT2D eigenvalue weighted by molar-refractivity contribution is 7.89. The van der Waals surface area contributed by atoms with Crippen molar-refractivity contribution in [1.82, 2.24) is 14.2 Å². The molecule has 0 radical (unpaired) electrons. The highest BCUT2D eigenvalue weighted by Crippen LogP contribution is 2.31. The zero-order valence-corrected chi connectivity index (χ0v) is 17.6. The summed E-state index contributed by atoms with van der Waals surface area (Å²) in [5.41, 5.74) is 0.372. The number of rotatable bonds is 3. The van der Waals surface area contributed by atoms with E-state index in [1.807, 2.05) is 30.3 Å². The van der Waals surface area contributed by atoms with Crippen molar-refractivity contribution in [2.45, 2.75) is 4.90 Å². The molecule has 1 fully saturated rings. The Hall–Kier alpha value is -2.19. The number of pyridine rings is 1. The number of benzene rings is 2. The molecule has 2 aromatic carbocycles. The predicted molar refractivity (Wildman–Crippen MR) is 113 cm³/mol. The molecular weight excluding hydrogens is 433 g/mol. The maximum atomic E-state index is 13.0. The number of piperazine rings is 1. The molecule has 0 atom stereocenters. The van der Waals surface area contributed by atoms with Gasteiger partial charge in [-0.25, -0.2) is 8.42 Å². The third-order valence-electron chi connectivity index (χ3n) is 4.94. The molecule has 0 N–H and O–H groups in total. The van der Waals surface area contributed by atoms with E-state index in [1.54, 1.807) is 17.2 Å². The van der Waals surface area contributed by atoms with Crippen molar-refractivity contribution >= 4 is 49.9 Å². The highest BCUT2D eigenvalue weighted by atomic mass is 35.5. The van der Waals surface area contributed by atoms with Crippen LogP contribution >= 0.6 is 23.2 Å². The van der Waals surface area contributed by atoms with E-state index in [2.05, 4.69) is 4.98 Å². The van der Waals surface area contributed by atoms with E-state index in [-0.39, 0.29) is 47.0 Å². The summed E-state index contributed by atoms with van der Waals surface area (Å²) in [6.07, 6.45) is 1.61. The molecule has 1 amide bonds. The van der Waals surface area contributed by atoms with Crippen molar-refractivity contribution < 1.29 is 13.2 Å². The van der Waals surface area contributed by atoms with Crippen LogP contribution in [0.15, 0.2) is 59.6 Å². The number of halogens is 2. The van der Waals surface area contributed by atoms with Gasteiger partial charge in [0.2, 0.25) is 10.0 Å². The average molecular weight is 450 g/mol. The van der Waals surface area contributed by atoms with E-state index >= 15 is 0 Å². The summed E-state index contributed by atoms with van der Waals surface area (Å²) >= 11 is 12.1. The van der Waals surface area contributed by atoms with Crippen LogP contribution in [-0.4, -0.2) is 54.7 Å². The van der Waals surface area contributed by atoms with E-state index in [0.717, 1.165) is 10.8 Å². The molecule has 3 aromatic rings. The molecule has 1 aromatic heterocycles. The first-order valence-corrected chi connectivity index (χ1v) is 11.2. The molecule has 1 saturated heterocycles. The Balaban J connectivity index is 1.53. The normalized spacial score (nSPS) is 15.6. The van der Waals surface area contributed by atoms with Crippen molar-refractivity contribution in [3.8, 4) is 0 Å². The Morgan fingerprint density at radius 3 is 2.41 bits per heavy atom. The second-order valence-electron chi connectivity index (χ2n) is 6.63. The van der Waals surface area contributed by atoms with Gasteiger partial charge in [-0.05, 0) is 23.6 Å². The fraction of sp³-hybridized carbons (Fsp3) is 0.200. The van der Waals surface area contributed by atoms with Crippen LogP contribution in [0.3, 0.4) is 0 Å². The van der Waals surface area contributed by atoms with E-state index in [9.17, 15) is 13.2 Å². The molecule has 0 bridgehead atoms. The van der Waals surface area contributed by atoms with Crippen molar-refractivity contribution in [3.63, 3.8) is 0 Å². The first kappa shape index (κ1) is 20.1. The van der Waals surface area contributed by atoms with Gasteiger partial charge in [0.15, 0.2) is 0 Å². The topological polar surface area (TPSA) is 70.6 Å². The van der Waals surface area contributed by atoms with E-state index < -0.39 is 10.0 Å². The third-order valence-corrected chi connectivity index (χ3v) is 7.81. The van der Waals surface area contributed by atoms with Crippen LogP contribution in [0.5, 0.6) is 0 Å². The number of hydrogen-bond donors (Lipinski definition) is 0. The number of carbonyl (C=O) groups is 1. The monoisotopic (exact) mass is 449 g/mol. The van der Waals surface area contributed by atoms with Crippen LogP contribution < -0.4 is 0 Å². The highest BCUT2D eigenvalue weighted by Gasteiger charge is 2.32. The van der Waals surface area contributed by atoms with Gasteiger partial charge in [-0.3, -0.25) is 9.78 Å². The molecular formula is C20H17Cl2N3O3S. The van der Waals surface area contributed by atoms with Crippen LogP contribution in [0.4, 0.5) is 0 Å². The molecule has 0 saturated carbocycles. The summed E-state index contributed by atoms with van der Waals surface area (Å²) in [4.78, 5) is 18.9. The molecule has 6 nitrogen and oxygen atoms in total. The van der Waals surface area contributed by atoms with Gasteiger partial charge in [-0.1, -0.05) is 53.5 Å². The number of carbonyl (C=O) groups excluding carboxylic acids is 1. The predicted octanol–water partition coefficient (Wildman–Crippen LogP) is 3.69. The molecule has 150 valence electrons. The molecule has 1 aliphatic rings. The third kappa shape index (κ3) is 3.71. The molecule has 9 heteroatoms. The SMILES string of the molecule is O=C(c1nccc2ccccc12)N1CCN(S(=O)(=O)c2cccc(Cl)c2Cl)CC1. The lowest BCUT2D eigenvalue weighted by Crippen LogP contribution is -2.50. The average Bonchev–Trinajstić information content (AvgIpc) is 2.74. The van der Waals surface area contributed by atoms with Gasteiger partial charge in [0.05, 0.1) is 10.0 Å². The van der Waals surface area contributed by atoms with E-state index in [1.165, 1.54) is 16.4 Å². The number of fused-ring (bicyclic) bond motifs is 1. The smallest absolute Gasteiger partial charge is 0.273 e. The Bertz CT molecular complexity index is 1190. The fourth-order valence-electron chi connectivity index (χ4n) is 3.39. The second-order valence-corrected chi connectivity index (χ2v) is 9.32. The molecule has 2 heterocycles. The van der Waals surface area contributed by atoms with E-state index in [4.69, 9.17) is 23.2 Å². The molecule has 4 rings (SSSR count). The maximum absolute atomic E-state index is 13.0. The van der Waals surface area contributed by atoms with E-state index in [0.29, 0.717) is 5.69 Å². The van der Waals surface area contributed by atoms with Crippen molar-refractivity contribution in [2.75, 3.05) is 26.2 Å². The zero-order valence-electron chi connectivity index (χ0n) is 15.3. The number of sulfonamides is 1. The Kier molecular flexibility index (Phi) is 5.48. The van der Waals surface area contributed by atoms with Crippen molar-refractivity contribution in [2.24, 2.45) is 0 Å². The van der Waals surface area contributed by atoms with Gasteiger partial charge < -0.3 is 4.90 Å². The maximum Gasteiger partial charge on any atom is 0.273 e. The van der Waals surface area contributed by atoms with Crippen LogP contribution in [0.25, 0.3) is 10.8 Å². The van der Waals surface area contributed by atoms with Crippen molar-refractivity contribution in [1.29, 1.82) is 0 Å². The summed E-state index contributed by atoms with van der Waals surface area (Å²) in [7, 11) is -3.80. The summed E-state index contributed by atoms with van der Waals surface area (Å²) in [5, 5.41) is 1.90. The minimum absolute atomic E-state index is 0.00706. The molecule has 0 aliphatic carbocycles. The zero-order chi connectivity index (χ0) is 20.6. The number of aromatic nitrogens is 1. The summed E-state index contributed by atoms with van der Waals surface area (Å²) < 4.78 is 27.2. The fourth-order valence-corrected chi connectivity index (χ4v) is 5.55. The van der Waals surface area contributed by atoms with Crippen LogP contribution in [0.2, 0.25) is 10.0 Å². The Morgan fingerprint density at radius 1 is 0.931 bits per heavy atom. The molecule has 0 spiro atoms. The van der Waals surface area contributed by atoms with Crippen LogP contribution in [0, 0.1) is 0 Å². The Labute approximate surface area is 178 Å². The van der Waals surface area contributed by atoms with Crippen LogP contribution in [-0.2, 0) is 10.0 Å². The van der Waals surface area contributed by atoms with Crippen molar-refractivity contribution in [3.05, 3.63) is 70.5 Å². The summed E-state index contributed by atoms with van der Waals surface area (Å²) in [6, 6.07) is 13.9. The van der Waals surface area contributed by atoms with Gasteiger partial charge >= 0.3 is 0 Å². The lowest BCUT2D eigenvalue weighted by molar-refractivity contribution is 0.0694. The van der Waals surface area contributed by atoms with Gasteiger partial charge in [0.1, 0.15) is 10.6 Å². The standard InChI is InChI=1S/C20H17Cl2N3O3S/c21-16-6-3-7-17(18(16)22)29(27,28)25-12-10-24(11-13-25)20(26)19-15-5-2-1-4-14(15)8-9-23-19/h1-9H,10-13H2. The molecule has 29 heavy (non-hydrogen) atoms. The molecule has 1 aliphatic heterocycles. The lowest BCUT2D eigenvalue weighted by Gasteiger charge is -2.34. The minimum Gasteiger partial charge on any atom is -0.335 e. The van der Waals surface area contributed by atoms with Gasteiger partial charge in [-0.2, -0.15) is 4.31 Å². The largest absolute Gasteiger partial charge is 0.335 e. The van der Waals surface area contributed by atoms with Gasteiger partial charge in [0, 0.05) is 37.8 Å². The van der Waals surface area contributed by atoms with Crippen LogP contribution in [0.1, 0.15) is 10.5 Å². The number of hydrogen-bond acceptors (Lipinski definition) is 4. The minimum atomic E-state index is -3.80. The number of amides is 1. The first-order valence-electron chi connectivity index (χ1n) is 8.97. The molecule has 0 unspecified atom stereocenters. The number of nitrogens with zero attached hydrogens (tertiary/aromatic N) is 3. The summed E-state index contributed by atoms with van der Waals surface area (Å²) in [6.45, 7) is 0.867.